The molecule has 0 saturated heterocycles. The second-order valence-electron chi connectivity index (χ2n) is 5.27. The summed E-state index contributed by atoms with van der Waals surface area (Å²) in [5.41, 5.74) is -0.475. The van der Waals surface area contributed by atoms with Gasteiger partial charge in [0, 0.05) is 19.1 Å². The Morgan fingerprint density at radius 1 is 1.29 bits per heavy atom. The Kier molecular flexibility index (Phi) is 6.16. The number of hydrogen-bond donors (Lipinski definition) is 3. The van der Waals surface area contributed by atoms with E-state index in [0.717, 1.165) is 0 Å². The van der Waals surface area contributed by atoms with Gasteiger partial charge in [-0.15, -0.1) is 0 Å². The number of nitrogens with one attached hydrogen (secondary N) is 2. The van der Waals surface area contributed by atoms with Crippen LogP contribution in [0.25, 0.3) is 0 Å². The van der Waals surface area contributed by atoms with Crippen molar-refractivity contribution in [1.82, 2.24) is 10.6 Å². The fourth-order valence-corrected chi connectivity index (χ4v) is 1.51. The van der Waals surface area contributed by atoms with E-state index in [-0.39, 0.29) is 24.3 Å². The third kappa shape index (κ3) is 6.26. The van der Waals surface area contributed by atoms with Crippen molar-refractivity contribution >= 4 is 11.8 Å². The predicted molar refractivity (Wildman–Crippen MR) is 66.4 cm³/mol. The Labute approximate surface area is 103 Å². The van der Waals surface area contributed by atoms with E-state index in [1.54, 1.807) is 0 Å². The first-order valence-corrected chi connectivity index (χ1v) is 5.89. The monoisotopic (exact) mass is 244 g/mol. The van der Waals surface area contributed by atoms with Gasteiger partial charge in [0.2, 0.25) is 11.8 Å². The smallest absolute Gasteiger partial charge is 0.243 e. The second kappa shape index (κ2) is 6.59. The Morgan fingerprint density at radius 2 is 1.82 bits per heavy atom. The van der Waals surface area contributed by atoms with Crippen LogP contribution in [0.4, 0.5) is 0 Å². The van der Waals surface area contributed by atoms with E-state index < -0.39 is 11.6 Å². The van der Waals surface area contributed by atoms with Gasteiger partial charge >= 0.3 is 0 Å². The van der Waals surface area contributed by atoms with Crippen LogP contribution in [0.15, 0.2) is 0 Å². The molecule has 0 spiro atoms. The molecule has 17 heavy (non-hydrogen) atoms. The maximum Gasteiger partial charge on any atom is 0.243 e. The van der Waals surface area contributed by atoms with Crippen molar-refractivity contribution in [3.05, 3.63) is 0 Å². The van der Waals surface area contributed by atoms with E-state index >= 15 is 0 Å². The summed E-state index contributed by atoms with van der Waals surface area (Å²) in [5, 5.41) is 14.3. The number of aliphatic hydroxyl groups excluding tert-OH is 1. The highest BCUT2D eigenvalue weighted by Gasteiger charge is 2.27. The highest BCUT2D eigenvalue weighted by Crippen LogP contribution is 2.10. The number of rotatable bonds is 6. The lowest BCUT2D eigenvalue weighted by Gasteiger charge is -2.29. The van der Waals surface area contributed by atoms with E-state index in [1.807, 2.05) is 27.7 Å². The fourth-order valence-electron chi connectivity index (χ4n) is 1.51. The summed E-state index contributed by atoms with van der Waals surface area (Å²) in [6, 6.07) is -0.537. The molecule has 0 aliphatic rings. The summed E-state index contributed by atoms with van der Waals surface area (Å²) in [4.78, 5) is 23.0. The van der Waals surface area contributed by atoms with Crippen molar-refractivity contribution in [2.75, 3.05) is 6.61 Å². The van der Waals surface area contributed by atoms with Crippen molar-refractivity contribution in [3.63, 3.8) is 0 Å². The molecule has 0 bridgehead atoms. The van der Waals surface area contributed by atoms with Crippen LogP contribution < -0.4 is 10.6 Å². The summed E-state index contributed by atoms with van der Waals surface area (Å²) < 4.78 is 0. The van der Waals surface area contributed by atoms with Crippen molar-refractivity contribution in [3.8, 4) is 0 Å². The van der Waals surface area contributed by atoms with Gasteiger partial charge in [-0.3, -0.25) is 9.59 Å². The standard InChI is InChI=1S/C12H24N2O3/c1-8(2)10(13-9(3)16)11(17)14-12(4,5)6-7-15/h8,10,15H,6-7H2,1-5H3,(H,13,16)(H,14,17). The largest absolute Gasteiger partial charge is 0.396 e. The van der Waals surface area contributed by atoms with Crippen molar-refractivity contribution < 1.29 is 14.7 Å². The van der Waals surface area contributed by atoms with Gasteiger partial charge < -0.3 is 15.7 Å². The van der Waals surface area contributed by atoms with E-state index in [4.69, 9.17) is 5.11 Å². The summed E-state index contributed by atoms with van der Waals surface area (Å²) in [7, 11) is 0. The molecule has 0 rings (SSSR count). The maximum atomic E-state index is 12.0. The fraction of sp³-hybridized carbons (Fsp3) is 0.833. The predicted octanol–water partition coefficient (Wildman–Crippen LogP) is 0.424. The van der Waals surface area contributed by atoms with Gasteiger partial charge in [0.05, 0.1) is 0 Å². The zero-order valence-electron chi connectivity index (χ0n) is 11.3. The first-order valence-electron chi connectivity index (χ1n) is 5.89. The number of carbonyl (C=O) groups excluding carboxylic acids is 2. The van der Waals surface area contributed by atoms with Gasteiger partial charge in [0.25, 0.3) is 0 Å². The Balaban J connectivity index is 4.58. The average molecular weight is 244 g/mol. The molecule has 0 radical (unpaired) electrons. The highest BCUT2D eigenvalue weighted by atomic mass is 16.3. The van der Waals surface area contributed by atoms with Crippen molar-refractivity contribution in [2.45, 2.75) is 52.6 Å². The Hall–Kier alpha value is -1.10. The zero-order valence-corrected chi connectivity index (χ0v) is 11.3. The minimum atomic E-state index is -0.537. The molecule has 0 aliphatic carbocycles. The van der Waals surface area contributed by atoms with Crippen LogP contribution in [-0.4, -0.2) is 35.1 Å². The lowest BCUT2D eigenvalue weighted by Crippen LogP contribution is -2.55. The first-order chi connectivity index (χ1) is 7.69. The molecule has 1 unspecified atom stereocenters. The van der Waals surface area contributed by atoms with Crippen LogP contribution in [0, 0.1) is 5.92 Å². The molecule has 5 heteroatoms. The van der Waals surface area contributed by atoms with E-state index in [0.29, 0.717) is 6.42 Å². The first kappa shape index (κ1) is 15.9. The van der Waals surface area contributed by atoms with Gasteiger partial charge in [0.15, 0.2) is 0 Å². The minimum Gasteiger partial charge on any atom is -0.396 e. The number of carbonyl (C=O) groups is 2. The van der Waals surface area contributed by atoms with Crippen LogP contribution in [0.2, 0.25) is 0 Å². The van der Waals surface area contributed by atoms with Crippen LogP contribution in [0.3, 0.4) is 0 Å². The minimum absolute atomic E-state index is 0.0137. The van der Waals surface area contributed by atoms with Crippen LogP contribution in [0.1, 0.15) is 41.0 Å². The molecule has 0 fully saturated rings. The lowest BCUT2D eigenvalue weighted by atomic mass is 9.98. The summed E-state index contributed by atoms with van der Waals surface area (Å²) in [5.74, 6) is -0.420. The SMILES string of the molecule is CC(=O)NC(C(=O)NC(C)(C)CCO)C(C)C. The topological polar surface area (TPSA) is 78.4 Å². The molecule has 0 aliphatic heterocycles. The van der Waals surface area contributed by atoms with Crippen molar-refractivity contribution in [2.24, 2.45) is 5.92 Å². The number of aliphatic hydroxyl groups is 1. The van der Waals surface area contributed by atoms with Crippen molar-refractivity contribution in [1.29, 1.82) is 0 Å². The summed E-state index contributed by atoms with van der Waals surface area (Å²) in [6.45, 7) is 8.83. The molecular formula is C12H24N2O3. The van der Waals surface area contributed by atoms with Crippen LogP contribution in [0.5, 0.6) is 0 Å². The molecule has 100 valence electrons. The molecule has 0 heterocycles. The zero-order chi connectivity index (χ0) is 13.6. The van der Waals surface area contributed by atoms with Crippen LogP contribution in [-0.2, 0) is 9.59 Å². The third-order valence-corrected chi connectivity index (χ3v) is 2.51. The van der Waals surface area contributed by atoms with E-state index in [1.165, 1.54) is 6.92 Å². The molecule has 1 atom stereocenters. The third-order valence-electron chi connectivity index (χ3n) is 2.51. The normalized spacial score (nSPS) is 13.4. The molecule has 3 N–H and O–H groups in total. The van der Waals surface area contributed by atoms with Gasteiger partial charge in [-0.1, -0.05) is 13.8 Å². The quantitative estimate of drug-likeness (QED) is 0.634. The molecule has 2 amide bonds. The van der Waals surface area contributed by atoms with E-state index in [2.05, 4.69) is 10.6 Å². The van der Waals surface area contributed by atoms with Gasteiger partial charge in [-0.2, -0.15) is 0 Å². The number of hydrogen-bond acceptors (Lipinski definition) is 3. The number of amides is 2. The molecule has 0 aromatic carbocycles. The summed E-state index contributed by atoms with van der Waals surface area (Å²) >= 11 is 0. The maximum absolute atomic E-state index is 12.0. The summed E-state index contributed by atoms with van der Waals surface area (Å²) in [6.07, 6.45) is 0.476. The Bertz CT molecular complexity index is 275. The van der Waals surface area contributed by atoms with E-state index in [9.17, 15) is 9.59 Å². The second-order valence-corrected chi connectivity index (χ2v) is 5.27. The molecular weight excluding hydrogens is 220 g/mol. The molecule has 0 aromatic rings. The van der Waals surface area contributed by atoms with Crippen LogP contribution >= 0.6 is 0 Å². The molecule has 0 saturated carbocycles. The molecule has 0 aromatic heterocycles. The molecule has 5 nitrogen and oxygen atoms in total. The Morgan fingerprint density at radius 3 is 2.18 bits per heavy atom. The average Bonchev–Trinajstić information content (AvgIpc) is 2.12. The van der Waals surface area contributed by atoms with Gasteiger partial charge in [0.1, 0.15) is 6.04 Å². The van der Waals surface area contributed by atoms with Gasteiger partial charge in [-0.05, 0) is 26.2 Å². The van der Waals surface area contributed by atoms with Gasteiger partial charge in [-0.25, -0.2) is 0 Å². The highest BCUT2D eigenvalue weighted by molar-refractivity contribution is 5.87. The lowest BCUT2D eigenvalue weighted by molar-refractivity contribution is -0.130.